The Bertz CT molecular complexity index is 1230. The fourth-order valence-corrected chi connectivity index (χ4v) is 4.30. The number of carbonyl (C=O) groups is 1. The van der Waals surface area contributed by atoms with Gasteiger partial charge in [0, 0.05) is 26.3 Å². The third-order valence-corrected chi connectivity index (χ3v) is 6.16. The highest BCUT2D eigenvalue weighted by Crippen LogP contribution is 2.45. The molecule has 0 spiro atoms. The maximum Gasteiger partial charge on any atom is 0.277 e. The molecule has 0 unspecified atom stereocenters. The van der Waals surface area contributed by atoms with Gasteiger partial charge in [-0.3, -0.25) is 14.8 Å². The third-order valence-electron chi connectivity index (χ3n) is 5.38. The van der Waals surface area contributed by atoms with Crippen molar-refractivity contribution in [1.82, 2.24) is 10.2 Å². The Balaban J connectivity index is 1.71. The molecule has 4 nitrogen and oxygen atoms in total. The van der Waals surface area contributed by atoms with E-state index in [0.29, 0.717) is 10.7 Å². The Kier molecular flexibility index (Phi) is 4.72. The molecule has 1 aliphatic heterocycles. The molecule has 0 saturated carbocycles. The van der Waals surface area contributed by atoms with Gasteiger partial charge in [0.2, 0.25) is 0 Å². The number of nitrogens with zero attached hydrogens (tertiary/aromatic N) is 2. The lowest BCUT2D eigenvalue weighted by Gasteiger charge is -2.26. The maximum absolute atomic E-state index is 13.5. The van der Waals surface area contributed by atoms with E-state index < -0.39 is 0 Å². The summed E-state index contributed by atoms with van der Waals surface area (Å²) in [5.41, 5.74) is 6.09. The van der Waals surface area contributed by atoms with Gasteiger partial charge in [0.15, 0.2) is 0 Å². The van der Waals surface area contributed by atoms with Crippen LogP contribution in [0.25, 0.3) is 11.3 Å². The summed E-state index contributed by atoms with van der Waals surface area (Å²) < 4.78 is 0.989. The zero-order valence-corrected chi connectivity index (χ0v) is 18.4. The van der Waals surface area contributed by atoms with Gasteiger partial charge in [-0.2, -0.15) is 5.10 Å². The monoisotopic (exact) mass is 477 g/mol. The number of carbonyl (C=O) groups excluding carboxylic acids is 1. The highest BCUT2D eigenvalue weighted by molar-refractivity contribution is 9.10. The van der Waals surface area contributed by atoms with E-state index in [1.165, 1.54) is 0 Å². The van der Waals surface area contributed by atoms with Gasteiger partial charge in [-0.25, -0.2) is 0 Å². The number of rotatable bonds is 3. The molecule has 0 radical (unpaired) electrons. The lowest BCUT2D eigenvalue weighted by atomic mass is 9.96. The van der Waals surface area contributed by atoms with E-state index in [4.69, 9.17) is 11.6 Å². The maximum atomic E-state index is 13.5. The summed E-state index contributed by atoms with van der Waals surface area (Å²) in [6.07, 6.45) is 0. The molecule has 3 aromatic carbocycles. The van der Waals surface area contributed by atoms with Crippen molar-refractivity contribution in [2.75, 3.05) is 4.90 Å². The number of fused-ring (bicyclic) bond motifs is 1. The number of aryl methyl sites for hydroxylation is 1. The summed E-state index contributed by atoms with van der Waals surface area (Å²) in [4.78, 5) is 15.3. The molecule has 0 saturated heterocycles. The SMILES string of the molecule is Cc1ccc(N2C(=O)c3[nH]nc(-c4ccc(Cl)cc4)c3[C@H]2c2ccc(Br)cc2)cc1. The fraction of sp³-hybridized carbons (Fsp3) is 0.0833. The van der Waals surface area contributed by atoms with Crippen LogP contribution in [0.3, 0.4) is 0 Å². The number of hydrogen-bond donors (Lipinski definition) is 1. The van der Waals surface area contributed by atoms with E-state index in [9.17, 15) is 4.79 Å². The van der Waals surface area contributed by atoms with Gasteiger partial charge in [-0.05, 0) is 48.9 Å². The normalized spacial score (nSPS) is 15.5. The van der Waals surface area contributed by atoms with Crippen molar-refractivity contribution in [3.8, 4) is 11.3 Å². The average Bonchev–Trinajstić information content (AvgIpc) is 3.29. The van der Waals surface area contributed by atoms with Crippen LogP contribution in [0.2, 0.25) is 5.02 Å². The van der Waals surface area contributed by atoms with Crippen LogP contribution in [0.15, 0.2) is 77.3 Å². The summed E-state index contributed by atoms with van der Waals surface area (Å²) in [5, 5.41) is 8.15. The van der Waals surface area contributed by atoms with Crippen LogP contribution in [0.4, 0.5) is 5.69 Å². The van der Waals surface area contributed by atoms with Gasteiger partial charge < -0.3 is 0 Å². The van der Waals surface area contributed by atoms with Crippen LogP contribution in [-0.2, 0) is 0 Å². The van der Waals surface area contributed by atoms with Crippen LogP contribution in [0.5, 0.6) is 0 Å². The Hall–Kier alpha value is -2.89. The summed E-state index contributed by atoms with van der Waals surface area (Å²) in [6, 6.07) is 23.3. The highest BCUT2D eigenvalue weighted by atomic mass is 79.9. The zero-order valence-electron chi connectivity index (χ0n) is 16.1. The summed E-state index contributed by atoms with van der Waals surface area (Å²) >= 11 is 9.58. The Morgan fingerprint density at radius 2 is 1.63 bits per heavy atom. The number of aromatic amines is 1. The molecule has 1 amide bonds. The first kappa shape index (κ1) is 19.1. The molecular weight excluding hydrogens is 462 g/mol. The quantitative estimate of drug-likeness (QED) is 0.363. The molecule has 0 bridgehead atoms. The second-order valence-corrected chi connectivity index (χ2v) is 8.68. The topological polar surface area (TPSA) is 49.0 Å². The smallest absolute Gasteiger partial charge is 0.277 e. The molecule has 6 heteroatoms. The number of amides is 1. The number of H-pyrrole nitrogens is 1. The van der Waals surface area contributed by atoms with Crippen LogP contribution < -0.4 is 4.90 Å². The Morgan fingerprint density at radius 3 is 2.30 bits per heavy atom. The summed E-state index contributed by atoms with van der Waals surface area (Å²) in [5.74, 6) is -0.0884. The Labute approximate surface area is 187 Å². The van der Waals surface area contributed by atoms with Gasteiger partial charge in [0.05, 0.1) is 11.7 Å². The minimum atomic E-state index is -0.285. The van der Waals surface area contributed by atoms with Gasteiger partial charge in [0.25, 0.3) is 5.91 Å². The van der Waals surface area contributed by atoms with E-state index in [2.05, 4.69) is 26.1 Å². The van der Waals surface area contributed by atoms with Crippen LogP contribution in [0, 0.1) is 6.92 Å². The van der Waals surface area contributed by atoms with Crippen molar-refractivity contribution in [1.29, 1.82) is 0 Å². The van der Waals surface area contributed by atoms with Crippen molar-refractivity contribution < 1.29 is 4.79 Å². The molecule has 5 rings (SSSR count). The Morgan fingerprint density at radius 1 is 0.967 bits per heavy atom. The zero-order chi connectivity index (χ0) is 20.8. The standard InChI is InChI=1S/C24H17BrClN3O/c1-14-2-12-19(13-3-14)29-23(16-4-8-17(25)9-5-16)20-21(27-28-22(20)24(29)30)15-6-10-18(26)11-7-15/h2-13,23H,1H3,(H,27,28)/t23-/m1/s1. The first-order chi connectivity index (χ1) is 14.5. The van der Waals surface area contributed by atoms with Gasteiger partial charge in [-0.15, -0.1) is 0 Å². The number of aromatic nitrogens is 2. The van der Waals surface area contributed by atoms with Gasteiger partial charge in [-0.1, -0.05) is 69.5 Å². The van der Waals surface area contributed by atoms with Crippen molar-refractivity contribution in [3.05, 3.63) is 105 Å². The van der Waals surface area contributed by atoms with Crippen LogP contribution in [-0.4, -0.2) is 16.1 Å². The lowest BCUT2D eigenvalue weighted by molar-refractivity contribution is 0.0989. The summed E-state index contributed by atoms with van der Waals surface area (Å²) in [7, 11) is 0. The number of nitrogens with one attached hydrogen (secondary N) is 1. The molecule has 1 atom stereocenters. The van der Waals surface area contributed by atoms with E-state index >= 15 is 0 Å². The second-order valence-electron chi connectivity index (χ2n) is 7.33. The molecule has 1 aromatic heterocycles. The predicted molar refractivity (Wildman–Crippen MR) is 123 cm³/mol. The van der Waals surface area contributed by atoms with Gasteiger partial charge in [0.1, 0.15) is 5.69 Å². The molecule has 1 N–H and O–H groups in total. The average molecular weight is 479 g/mol. The van der Waals surface area contributed by atoms with Crippen molar-refractivity contribution in [3.63, 3.8) is 0 Å². The van der Waals surface area contributed by atoms with E-state index in [1.54, 1.807) is 0 Å². The van der Waals surface area contributed by atoms with Crippen LogP contribution in [0.1, 0.15) is 33.2 Å². The van der Waals surface area contributed by atoms with Gasteiger partial charge >= 0.3 is 0 Å². The molecule has 4 aromatic rings. The van der Waals surface area contributed by atoms with E-state index in [0.717, 1.165) is 38.1 Å². The number of anilines is 1. The molecule has 148 valence electrons. The molecule has 1 aliphatic rings. The first-order valence-corrected chi connectivity index (χ1v) is 10.7. The number of halogens is 2. The van der Waals surface area contributed by atoms with E-state index in [1.807, 2.05) is 84.6 Å². The summed E-state index contributed by atoms with van der Waals surface area (Å²) in [6.45, 7) is 2.03. The lowest BCUT2D eigenvalue weighted by Crippen LogP contribution is -2.29. The van der Waals surface area contributed by atoms with Crippen molar-refractivity contribution in [2.45, 2.75) is 13.0 Å². The largest absolute Gasteiger partial charge is 0.295 e. The fourth-order valence-electron chi connectivity index (χ4n) is 3.91. The predicted octanol–water partition coefficient (Wildman–Crippen LogP) is 6.55. The molecule has 0 aliphatic carbocycles. The molecular formula is C24H17BrClN3O. The van der Waals surface area contributed by atoms with Crippen LogP contribution >= 0.6 is 27.5 Å². The minimum Gasteiger partial charge on any atom is -0.295 e. The minimum absolute atomic E-state index is 0.0884. The van der Waals surface area contributed by atoms with Crippen molar-refractivity contribution in [2.24, 2.45) is 0 Å². The number of hydrogen-bond acceptors (Lipinski definition) is 2. The van der Waals surface area contributed by atoms with Crippen molar-refractivity contribution >= 4 is 39.1 Å². The van der Waals surface area contributed by atoms with E-state index in [-0.39, 0.29) is 11.9 Å². The molecule has 0 fully saturated rings. The highest BCUT2D eigenvalue weighted by Gasteiger charge is 2.43. The molecule has 30 heavy (non-hydrogen) atoms. The third kappa shape index (κ3) is 3.15. The second kappa shape index (κ2) is 7.42. The first-order valence-electron chi connectivity index (χ1n) is 9.53. The molecule has 2 heterocycles. The number of benzene rings is 3.